The SMILES string of the molecule is CCNC(=NCc1ncc(CC)s1)N1CCN(Cc2cc(C)on2)CC1.I. The average molecular weight is 504 g/mol. The summed E-state index contributed by atoms with van der Waals surface area (Å²) in [6.45, 7) is 12.5. The maximum absolute atomic E-state index is 5.16. The molecule has 0 radical (unpaired) electrons. The fourth-order valence-electron chi connectivity index (χ4n) is 2.99. The fraction of sp³-hybridized carbons (Fsp3) is 0.611. The lowest BCUT2D eigenvalue weighted by molar-refractivity contribution is 0.169. The average Bonchev–Trinajstić information content (AvgIpc) is 3.28. The van der Waals surface area contributed by atoms with Crippen LogP contribution in [0.5, 0.6) is 0 Å². The number of rotatable bonds is 6. The normalized spacial score (nSPS) is 15.7. The summed E-state index contributed by atoms with van der Waals surface area (Å²) in [4.78, 5) is 15.3. The third kappa shape index (κ3) is 6.42. The van der Waals surface area contributed by atoms with Gasteiger partial charge in [-0.1, -0.05) is 12.1 Å². The Kier molecular flexibility index (Phi) is 8.97. The zero-order chi connectivity index (χ0) is 18.4. The Balaban J connectivity index is 0.00000261. The van der Waals surface area contributed by atoms with Gasteiger partial charge in [0.25, 0.3) is 0 Å². The molecule has 0 aliphatic carbocycles. The standard InChI is InChI=1S/C18H28N6OS.HI/c1-4-16-11-20-17(26-16)12-21-18(19-5-2)24-8-6-23(7-9-24)13-15-10-14(3)25-22-15;/h10-11H,4-9,12-13H2,1-3H3,(H,19,21);1H. The summed E-state index contributed by atoms with van der Waals surface area (Å²) >= 11 is 1.75. The minimum absolute atomic E-state index is 0. The number of halogens is 1. The van der Waals surface area contributed by atoms with Gasteiger partial charge in [-0.15, -0.1) is 35.3 Å². The van der Waals surface area contributed by atoms with Crippen LogP contribution in [0.15, 0.2) is 21.8 Å². The molecule has 7 nitrogen and oxygen atoms in total. The molecule has 150 valence electrons. The minimum Gasteiger partial charge on any atom is -0.361 e. The number of hydrogen-bond acceptors (Lipinski definition) is 6. The van der Waals surface area contributed by atoms with Gasteiger partial charge in [0, 0.05) is 56.4 Å². The van der Waals surface area contributed by atoms with Crippen LogP contribution < -0.4 is 5.32 Å². The van der Waals surface area contributed by atoms with Crippen molar-refractivity contribution in [2.24, 2.45) is 4.99 Å². The van der Waals surface area contributed by atoms with Crippen LogP contribution in [0.2, 0.25) is 0 Å². The van der Waals surface area contributed by atoms with Crippen LogP contribution in [0.25, 0.3) is 0 Å². The van der Waals surface area contributed by atoms with Gasteiger partial charge in [-0.05, 0) is 20.3 Å². The van der Waals surface area contributed by atoms with Crippen molar-refractivity contribution in [3.8, 4) is 0 Å². The van der Waals surface area contributed by atoms with Crippen molar-refractivity contribution in [3.05, 3.63) is 33.6 Å². The summed E-state index contributed by atoms with van der Waals surface area (Å²) < 4.78 is 5.16. The lowest BCUT2D eigenvalue weighted by Gasteiger charge is -2.36. The van der Waals surface area contributed by atoms with E-state index in [9.17, 15) is 0 Å². The summed E-state index contributed by atoms with van der Waals surface area (Å²) in [5.74, 6) is 1.85. The number of hydrogen-bond donors (Lipinski definition) is 1. The topological polar surface area (TPSA) is 69.8 Å². The highest BCUT2D eigenvalue weighted by molar-refractivity contribution is 14.0. The second kappa shape index (κ2) is 11.0. The van der Waals surface area contributed by atoms with Crippen molar-refractivity contribution < 1.29 is 4.52 Å². The summed E-state index contributed by atoms with van der Waals surface area (Å²) in [5.41, 5.74) is 1.01. The quantitative estimate of drug-likeness (QED) is 0.371. The molecule has 2 aromatic rings. The molecule has 2 aromatic heterocycles. The van der Waals surface area contributed by atoms with Crippen molar-refractivity contribution in [1.82, 2.24) is 25.3 Å². The number of nitrogens with one attached hydrogen (secondary N) is 1. The molecule has 27 heavy (non-hydrogen) atoms. The largest absolute Gasteiger partial charge is 0.361 e. The molecule has 0 unspecified atom stereocenters. The fourth-order valence-corrected chi connectivity index (χ4v) is 3.78. The Morgan fingerprint density at radius 1 is 1.30 bits per heavy atom. The molecule has 9 heteroatoms. The Labute approximate surface area is 182 Å². The van der Waals surface area contributed by atoms with Crippen molar-refractivity contribution in [3.63, 3.8) is 0 Å². The van der Waals surface area contributed by atoms with E-state index in [0.29, 0.717) is 6.54 Å². The predicted molar refractivity (Wildman–Crippen MR) is 120 cm³/mol. The lowest BCUT2D eigenvalue weighted by atomic mass is 10.3. The first-order valence-electron chi connectivity index (χ1n) is 9.29. The number of aliphatic imine (C=N–C) groups is 1. The Morgan fingerprint density at radius 2 is 2.07 bits per heavy atom. The number of guanidine groups is 1. The first-order valence-corrected chi connectivity index (χ1v) is 10.1. The Bertz CT molecular complexity index is 723. The number of thiazole rings is 1. The van der Waals surface area contributed by atoms with Gasteiger partial charge in [0.2, 0.25) is 0 Å². The van der Waals surface area contributed by atoms with Crippen molar-refractivity contribution >= 4 is 41.3 Å². The number of piperazine rings is 1. The molecule has 0 aromatic carbocycles. The van der Waals surface area contributed by atoms with Crippen molar-refractivity contribution in [1.29, 1.82) is 0 Å². The molecule has 1 fully saturated rings. The molecule has 1 aliphatic heterocycles. The van der Waals surface area contributed by atoms with Crippen LogP contribution in [-0.4, -0.2) is 58.6 Å². The lowest BCUT2D eigenvalue weighted by Crippen LogP contribution is -2.52. The first-order chi connectivity index (χ1) is 12.7. The second-order valence-corrected chi connectivity index (χ2v) is 7.64. The first kappa shape index (κ1) is 22.1. The molecule has 0 saturated carbocycles. The van der Waals surface area contributed by atoms with Gasteiger partial charge in [-0.2, -0.15) is 0 Å². The van der Waals surface area contributed by atoms with Crippen LogP contribution in [-0.2, 0) is 19.5 Å². The van der Waals surface area contributed by atoms with E-state index in [1.807, 2.05) is 19.2 Å². The number of aryl methyl sites for hydroxylation is 2. The van der Waals surface area contributed by atoms with Gasteiger partial charge in [0.05, 0.1) is 12.2 Å². The number of nitrogens with zero attached hydrogens (tertiary/aromatic N) is 5. The van der Waals surface area contributed by atoms with E-state index in [2.05, 4.69) is 39.1 Å². The Hall–Kier alpha value is -1.20. The molecule has 1 saturated heterocycles. The van der Waals surface area contributed by atoms with Crippen LogP contribution in [0.4, 0.5) is 0 Å². The van der Waals surface area contributed by atoms with Gasteiger partial charge in [0.15, 0.2) is 5.96 Å². The summed E-state index contributed by atoms with van der Waals surface area (Å²) in [5, 5.41) is 8.59. The van der Waals surface area contributed by atoms with E-state index in [-0.39, 0.29) is 24.0 Å². The molecule has 0 spiro atoms. The van der Waals surface area contributed by atoms with Gasteiger partial charge < -0.3 is 14.7 Å². The highest BCUT2D eigenvalue weighted by atomic mass is 127. The van der Waals surface area contributed by atoms with Gasteiger partial charge in [-0.3, -0.25) is 4.90 Å². The van der Waals surface area contributed by atoms with Gasteiger partial charge in [-0.25, -0.2) is 9.98 Å². The van der Waals surface area contributed by atoms with Crippen LogP contribution in [0, 0.1) is 6.92 Å². The molecule has 0 amide bonds. The van der Waals surface area contributed by atoms with E-state index < -0.39 is 0 Å². The van der Waals surface area contributed by atoms with E-state index in [4.69, 9.17) is 9.52 Å². The zero-order valence-corrected chi connectivity index (χ0v) is 19.4. The molecule has 0 atom stereocenters. The van der Waals surface area contributed by atoms with Gasteiger partial charge >= 0.3 is 0 Å². The van der Waals surface area contributed by atoms with Crippen LogP contribution in [0.1, 0.15) is 35.2 Å². The van der Waals surface area contributed by atoms with E-state index in [0.717, 1.165) is 68.1 Å². The van der Waals surface area contributed by atoms with E-state index in [1.54, 1.807) is 11.3 Å². The van der Waals surface area contributed by atoms with Gasteiger partial charge in [0.1, 0.15) is 10.8 Å². The molecule has 1 N–H and O–H groups in total. The summed E-state index contributed by atoms with van der Waals surface area (Å²) in [7, 11) is 0. The number of aromatic nitrogens is 2. The summed E-state index contributed by atoms with van der Waals surface area (Å²) in [6.07, 6.45) is 3.00. The van der Waals surface area contributed by atoms with E-state index >= 15 is 0 Å². The van der Waals surface area contributed by atoms with E-state index in [1.165, 1.54) is 4.88 Å². The maximum Gasteiger partial charge on any atom is 0.194 e. The zero-order valence-electron chi connectivity index (χ0n) is 16.3. The predicted octanol–water partition coefficient (Wildman–Crippen LogP) is 2.90. The minimum atomic E-state index is 0. The molecule has 0 bridgehead atoms. The van der Waals surface area contributed by atoms with Crippen LogP contribution >= 0.6 is 35.3 Å². The third-order valence-corrected chi connectivity index (χ3v) is 5.51. The molecule has 1 aliphatic rings. The molecular formula is C18H29IN6OS. The summed E-state index contributed by atoms with van der Waals surface area (Å²) in [6, 6.07) is 2.01. The van der Waals surface area contributed by atoms with Crippen molar-refractivity contribution in [2.45, 2.75) is 40.3 Å². The maximum atomic E-state index is 5.16. The monoisotopic (exact) mass is 504 g/mol. The third-order valence-electron chi connectivity index (χ3n) is 4.38. The highest BCUT2D eigenvalue weighted by Gasteiger charge is 2.20. The van der Waals surface area contributed by atoms with Crippen molar-refractivity contribution in [2.75, 3.05) is 32.7 Å². The molecule has 3 heterocycles. The Morgan fingerprint density at radius 3 is 2.67 bits per heavy atom. The molecular weight excluding hydrogens is 475 g/mol. The highest BCUT2D eigenvalue weighted by Crippen LogP contribution is 2.15. The smallest absolute Gasteiger partial charge is 0.194 e. The second-order valence-electron chi connectivity index (χ2n) is 6.44. The molecule has 3 rings (SSSR count). The van der Waals surface area contributed by atoms with Crippen LogP contribution in [0.3, 0.4) is 0 Å².